The Kier molecular flexibility index (Phi) is 12.1. The van der Waals surface area contributed by atoms with Gasteiger partial charge in [-0.1, -0.05) is 25.3 Å². The third-order valence-electron chi connectivity index (χ3n) is 6.40. The van der Waals surface area contributed by atoms with Crippen molar-refractivity contribution in [1.29, 1.82) is 0 Å². The van der Waals surface area contributed by atoms with Crippen LogP contribution in [0, 0.1) is 5.92 Å². The Balaban J connectivity index is 1.89. The van der Waals surface area contributed by atoms with Crippen molar-refractivity contribution in [3.8, 4) is 5.75 Å². The van der Waals surface area contributed by atoms with Crippen LogP contribution in [0.1, 0.15) is 44.6 Å². The maximum absolute atomic E-state index is 13.3. The summed E-state index contributed by atoms with van der Waals surface area (Å²) < 4.78 is 5.48. The number of hydrogen-bond acceptors (Lipinski definition) is 6. The number of nitrogens with zero attached hydrogens (tertiary/aromatic N) is 2. The molecule has 0 saturated carbocycles. The number of ether oxygens (including phenoxy) is 1. The van der Waals surface area contributed by atoms with Crippen molar-refractivity contribution in [2.75, 3.05) is 33.8 Å². The van der Waals surface area contributed by atoms with E-state index < -0.39 is 11.8 Å². The van der Waals surface area contributed by atoms with Crippen LogP contribution in [0.4, 0.5) is 0 Å². The number of hydrogen-bond donors (Lipinski definition) is 3. The molecule has 3 N–H and O–H groups in total. The lowest BCUT2D eigenvalue weighted by Crippen LogP contribution is -2.47. The standard InChI is InChI=1S/C28H42N4O4/c1-6-25(31(4)5)19-21(3)29-24-15-17-32(18-16-24)28(34)23(20-27(33)30-35)10-8-9-22-11-13-26(14-12-22)36-7-2/h6,11-14,19,23-24,29,35H,1,3,7-10,15-18,20H2,2,4-5H3,(H,30,33)/b25-19+/t23-/m1/s1. The van der Waals surface area contributed by atoms with Crippen LogP contribution in [-0.2, 0) is 16.0 Å². The van der Waals surface area contributed by atoms with Crippen LogP contribution in [0.2, 0.25) is 0 Å². The first-order valence-electron chi connectivity index (χ1n) is 12.7. The van der Waals surface area contributed by atoms with Gasteiger partial charge in [0.25, 0.3) is 0 Å². The van der Waals surface area contributed by atoms with Crippen molar-refractivity contribution in [3.05, 3.63) is 66.5 Å². The number of carbonyl (C=O) groups excluding carboxylic acids is 2. The predicted octanol–water partition coefficient (Wildman–Crippen LogP) is 3.65. The number of carbonyl (C=O) groups is 2. The van der Waals surface area contributed by atoms with Crippen molar-refractivity contribution in [2.24, 2.45) is 5.92 Å². The normalized spacial score (nSPS) is 15.1. The minimum absolute atomic E-state index is 0.0206. The first-order chi connectivity index (χ1) is 17.3. The minimum atomic E-state index is -0.534. The van der Waals surface area contributed by atoms with Gasteiger partial charge in [0.15, 0.2) is 0 Å². The number of rotatable bonds is 14. The molecule has 0 spiro atoms. The Morgan fingerprint density at radius 2 is 1.92 bits per heavy atom. The number of likely N-dealkylation sites (tertiary alicyclic amines) is 1. The van der Waals surface area contributed by atoms with Crippen LogP contribution in [0.3, 0.4) is 0 Å². The number of likely N-dealkylation sites (N-methyl/N-ethyl adjacent to an activating group) is 1. The van der Waals surface area contributed by atoms with Crippen molar-refractivity contribution in [2.45, 2.75) is 51.5 Å². The summed E-state index contributed by atoms with van der Waals surface area (Å²) in [6.07, 6.45) is 7.47. The zero-order valence-corrected chi connectivity index (χ0v) is 22.0. The van der Waals surface area contributed by atoms with E-state index in [2.05, 4.69) is 18.5 Å². The van der Waals surface area contributed by atoms with Crippen LogP contribution in [-0.4, -0.2) is 66.7 Å². The second-order valence-corrected chi connectivity index (χ2v) is 9.34. The fraction of sp³-hybridized carbons (Fsp3) is 0.500. The largest absolute Gasteiger partial charge is 0.494 e. The van der Waals surface area contributed by atoms with Crippen LogP contribution in [0.25, 0.3) is 0 Å². The van der Waals surface area contributed by atoms with E-state index in [-0.39, 0.29) is 18.4 Å². The SMILES string of the molecule is C=C/C(=C\C(=C)NC1CCN(C(=O)[C@H](CCCc2ccc(OCC)cc2)CC(=O)NO)CC1)N(C)C. The van der Waals surface area contributed by atoms with Gasteiger partial charge in [0, 0.05) is 57.0 Å². The number of amides is 2. The van der Waals surface area contributed by atoms with Crippen LogP contribution >= 0.6 is 0 Å². The van der Waals surface area contributed by atoms with Gasteiger partial charge >= 0.3 is 0 Å². The van der Waals surface area contributed by atoms with Crippen molar-refractivity contribution >= 4 is 11.8 Å². The summed E-state index contributed by atoms with van der Waals surface area (Å²) in [4.78, 5) is 29.0. The highest BCUT2D eigenvalue weighted by Gasteiger charge is 2.29. The number of piperidine rings is 1. The van der Waals surface area contributed by atoms with Gasteiger partial charge in [-0.3, -0.25) is 14.8 Å². The van der Waals surface area contributed by atoms with E-state index in [9.17, 15) is 9.59 Å². The first-order valence-corrected chi connectivity index (χ1v) is 12.7. The molecule has 0 aliphatic carbocycles. The molecule has 8 heteroatoms. The molecule has 198 valence electrons. The highest BCUT2D eigenvalue weighted by Crippen LogP contribution is 2.22. The third kappa shape index (κ3) is 9.41. The second-order valence-electron chi connectivity index (χ2n) is 9.34. The van der Waals surface area contributed by atoms with E-state index in [0.29, 0.717) is 26.1 Å². The Labute approximate surface area is 215 Å². The van der Waals surface area contributed by atoms with Crippen molar-refractivity contribution < 1.29 is 19.5 Å². The molecule has 1 heterocycles. The van der Waals surface area contributed by atoms with Gasteiger partial charge in [0.05, 0.1) is 6.61 Å². The van der Waals surface area contributed by atoms with Gasteiger partial charge in [0.2, 0.25) is 11.8 Å². The molecule has 1 aromatic rings. The van der Waals surface area contributed by atoms with Crippen LogP contribution in [0.5, 0.6) is 5.75 Å². The van der Waals surface area contributed by atoms with E-state index in [1.165, 1.54) is 0 Å². The lowest BCUT2D eigenvalue weighted by Gasteiger charge is -2.35. The lowest BCUT2D eigenvalue weighted by atomic mass is 9.93. The van der Waals surface area contributed by atoms with Crippen LogP contribution in [0.15, 0.2) is 61.0 Å². The zero-order chi connectivity index (χ0) is 26.5. The second kappa shape index (κ2) is 15.0. The number of hydroxylamine groups is 1. The van der Waals surface area contributed by atoms with Crippen molar-refractivity contribution in [3.63, 3.8) is 0 Å². The van der Waals surface area contributed by atoms with Gasteiger partial charge in [-0.2, -0.15) is 0 Å². The monoisotopic (exact) mass is 498 g/mol. The van der Waals surface area contributed by atoms with E-state index >= 15 is 0 Å². The maximum atomic E-state index is 13.3. The summed E-state index contributed by atoms with van der Waals surface area (Å²) in [5.41, 5.74) is 4.62. The summed E-state index contributed by atoms with van der Waals surface area (Å²) in [5, 5.41) is 12.5. The van der Waals surface area contributed by atoms with E-state index in [1.54, 1.807) is 11.6 Å². The highest BCUT2D eigenvalue weighted by atomic mass is 16.5. The Hall–Kier alpha value is -3.26. The van der Waals surface area contributed by atoms with Gasteiger partial charge < -0.3 is 19.9 Å². The molecule has 0 radical (unpaired) electrons. The molecular weight excluding hydrogens is 456 g/mol. The number of aryl methyl sites for hydroxylation is 1. The molecule has 1 saturated heterocycles. The summed E-state index contributed by atoms with van der Waals surface area (Å²) in [6.45, 7) is 11.7. The minimum Gasteiger partial charge on any atom is -0.494 e. The number of benzene rings is 1. The highest BCUT2D eigenvalue weighted by molar-refractivity contribution is 5.85. The molecule has 0 unspecified atom stereocenters. The fourth-order valence-electron chi connectivity index (χ4n) is 4.41. The Bertz CT molecular complexity index is 903. The molecule has 36 heavy (non-hydrogen) atoms. The number of allylic oxidation sites excluding steroid dienone is 2. The zero-order valence-electron chi connectivity index (χ0n) is 22.0. The first kappa shape index (κ1) is 29.0. The summed E-state index contributed by atoms with van der Waals surface area (Å²) >= 11 is 0. The molecule has 1 fully saturated rings. The summed E-state index contributed by atoms with van der Waals surface area (Å²) in [7, 11) is 3.91. The molecule has 1 aromatic carbocycles. The third-order valence-corrected chi connectivity index (χ3v) is 6.40. The van der Waals surface area contributed by atoms with Gasteiger partial charge in [-0.25, -0.2) is 5.48 Å². The lowest BCUT2D eigenvalue weighted by molar-refractivity contribution is -0.141. The van der Waals surface area contributed by atoms with E-state index in [0.717, 1.165) is 48.4 Å². The molecule has 1 aliphatic rings. The summed E-state index contributed by atoms with van der Waals surface area (Å²) in [5.74, 6) is -0.181. The molecule has 0 bridgehead atoms. The number of nitrogens with one attached hydrogen (secondary N) is 2. The molecular formula is C28H42N4O4. The molecule has 8 nitrogen and oxygen atoms in total. The fourth-order valence-corrected chi connectivity index (χ4v) is 4.41. The van der Waals surface area contributed by atoms with Gasteiger partial charge in [0.1, 0.15) is 5.75 Å². The quantitative estimate of drug-likeness (QED) is 0.206. The average Bonchev–Trinajstić information content (AvgIpc) is 2.87. The molecule has 2 amide bonds. The Morgan fingerprint density at radius 3 is 2.47 bits per heavy atom. The van der Waals surface area contributed by atoms with Gasteiger partial charge in [-0.05, 0) is 68.9 Å². The van der Waals surface area contributed by atoms with E-state index in [4.69, 9.17) is 9.94 Å². The maximum Gasteiger partial charge on any atom is 0.244 e. The van der Waals surface area contributed by atoms with Crippen LogP contribution < -0.4 is 15.5 Å². The van der Waals surface area contributed by atoms with E-state index in [1.807, 2.05) is 61.2 Å². The molecule has 0 aromatic heterocycles. The predicted molar refractivity (Wildman–Crippen MR) is 142 cm³/mol. The van der Waals surface area contributed by atoms with Gasteiger partial charge in [-0.15, -0.1) is 0 Å². The molecule has 2 rings (SSSR count). The molecule has 1 aliphatic heterocycles. The topological polar surface area (TPSA) is 94.1 Å². The average molecular weight is 499 g/mol. The molecule has 1 atom stereocenters. The smallest absolute Gasteiger partial charge is 0.244 e. The van der Waals surface area contributed by atoms with Crippen molar-refractivity contribution in [1.82, 2.24) is 20.6 Å². The summed E-state index contributed by atoms with van der Waals surface area (Å²) in [6, 6.07) is 8.17. The Morgan fingerprint density at radius 1 is 1.25 bits per heavy atom.